The molecule has 0 N–H and O–H groups in total. The van der Waals surface area contributed by atoms with Gasteiger partial charge in [0.1, 0.15) is 0 Å². The highest BCUT2D eigenvalue weighted by Crippen LogP contribution is 2.13. The maximum atomic E-state index is 9.90. The second-order valence-corrected chi connectivity index (χ2v) is 2.54. The molecule has 0 aromatic carbocycles. The minimum absolute atomic E-state index is 0.757. The summed E-state index contributed by atoms with van der Waals surface area (Å²) < 4.78 is 3.94. The lowest BCUT2D eigenvalue weighted by molar-refractivity contribution is -1.05. The summed E-state index contributed by atoms with van der Waals surface area (Å²) in [6, 6.07) is 0. The summed E-state index contributed by atoms with van der Waals surface area (Å²) in [4.78, 5) is 0. The van der Waals surface area contributed by atoms with Crippen molar-refractivity contribution in [3.05, 3.63) is 0 Å². The molecule has 0 amide bonds. The quantitative estimate of drug-likeness (QED) is 0.205. The highest BCUT2D eigenvalue weighted by Gasteiger charge is 2.13. The molecule has 1 saturated carbocycles. The molecule has 0 aliphatic heterocycles. The summed E-state index contributed by atoms with van der Waals surface area (Å²) in [5.74, 6) is 0.757. The smallest absolute Gasteiger partial charge is 0.329 e. The molecule has 2 heteroatoms. The summed E-state index contributed by atoms with van der Waals surface area (Å²) in [5.41, 5.74) is 0. The van der Waals surface area contributed by atoms with Crippen LogP contribution in [0.1, 0.15) is 38.5 Å². The van der Waals surface area contributed by atoms with Crippen molar-refractivity contribution in [1.82, 2.24) is 0 Å². The van der Waals surface area contributed by atoms with Gasteiger partial charge in [-0.05, 0) is 12.8 Å². The fourth-order valence-electron chi connectivity index (χ4n) is 1.21. The van der Waals surface area contributed by atoms with E-state index in [0.717, 1.165) is 31.5 Å². The zero-order valence-corrected chi connectivity index (χ0v) is 5.56. The fraction of sp³-hybridized carbons (Fsp3) is 0.857. The highest BCUT2D eigenvalue weighted by molar-refractivity contribution is 5.78. The van der Waals surface area contributed by atoms with Crippen LogP contribution in [0.2, 0.25) is 0 Å². The van der Waals surface area contributed by atoms with Crippen LogP contribution in [0.5, 0.6) is 0 Å². The van der Waals surface area contributed by atoms with Crippen LogP contribution in [0.3, 0.4) is 0 Å². The van der Waals surface area contributed by atoms with E-state index in [1.54, 1.807) is 0 Å². The minimum atomic E-state index is 0.757. The van der Waals surface area contributed by atoms with E-state index in [9.17, 15) is 5.26 Å². The number of carbonyl (C=O) groups excluding carboxylic acids is 1. The van der Waals surface area contributed by atoms with Crippen molar-refractivity contribution in [2.75, 3.05) is 0 Å². The van der Waals surface area contributed by atoms with E-state index in [2.05, 4.69) is 4.58 Å². The van der Waals surface area contributed by atoms with Crippen molar-refractivity contribution in [3.63, 3.8) is 0 Å². The van der Waals surface area contributed by atoms with Gasteiger partial charge in [0.05, 0.1) is 12.8 Å². The Balaban J connectivity index is 2.36. The summed E-state index contributed by atoms with van der Waals surface area (Å²) in [6.07, 6.45) is 6.57. The molecule has 0 radical (unpaired) electrons. The van der Waals surface area contributed by atoms with Gasteiger partial charge in [-0.25, -0.2) is 0 Å². The lowest BCUT2D eigenvalue weighted by Gasteiger charge is -1.84. The second-order valence-electron chi connectivity index (χ2n) is 2.54. The van der Waals surface area contributed by atoms with Gasteiger partial charge in [-0.2, -0.15) is 4.58 Å². The first-order valence-electron chi connectivity index (χ1n) is 3.58. The third-order valence-electron chi connectivity index (χ3n) is 1.78. The molecule has 0 saturated heterocycles. The number of ketones is 1. The van der Waals surface area contributed by atoms with Crippen LogP contribution in [0.4, 0.5) is 0 Å². The van der Waals surface area contributed by atoms with Crippen LogP contribution < -0.4 is 5.26 Å². The lowest BCUT2D eigenvalue weighted by Crippen LogP contribution is -2.08. The first kappa shape index (κ1) is 6.59. The van der Waals surface area contributed by atoms with Crippen LogP contribution in [-0.4, -0.2) is 5.78 Å². The summed E-state index contributed by atoms with van der Waals surface area (Å²) in [6.45, 7) is 0. The van der Waals surface area contributed by atoms with Gasteiger partial charge < -0.3 is 5.26 Å². The first-order valence-corrected chi connectivity index (χ1v) is 3.58. The Morgan fingerprint density at radius 2 is 1.56 bits per heavy atom. The summed E-state index contributed by atoms with van der Waals surface area (Å²) in [5, 5.41) is 9.90. The average Bonchev–Trinajstić information content (AvgIpc) is 2.13. The van der Waals surface area contributed by atoms with Gasteiger partial charge in [0.25, 0.3) is 0 Å². The minimum Gasteiger partial charge on any atom is -0.463 e. The van der Waals surface area contributed by atoms with Crippen molar-refractivity contribution in [3.8, 4) is 0 Å². The Bertz CT molecular complexity index is 97.5. The molecule has 1 rings (SSSR count). The van der Waals surface area contributed by atoms with Gasteiger partial charge in [0.2, 0.25) is 0 Å². The van der Waals surface area contributed by atoms with E-state index >= 15 is 0 Å². The predicted octanol–water partition coefficient (Wildman–Crippen LogP) is 0.721. The van der Waals surface area contributed by atoms with E-state index < -0.39 is 0 Å². The van der Waals surface area contributed by atoms with Crippen LogP contribution in [0, 0.1) is 0 Å². The molecule has 1 aliphatic carbocycles. The molecule has 1 aliphatic rings. The van der Waals surface area contributed by atoms with Gasteiger partial charge in [0.15, 0.2) is 0 Å². The van der Waals surface area contributed by atoms with Crippen molar-refractivity contribution in [1.29, 1.82) is 0 Å². The molecule has 52 valence electrons. The second kappa shape index (κ2) is 3.49. The Hall–Kier alpha value is -0.530. The monoisotopic (exact) mass is 128 g/mol. The van der Waals surface area contributed by atoms with Gasteiger partial charge in [-0.15, -0.1) is 0 Å². The molecule has 0 spiro atoms. The maximum absolute atomic E-state index is 9.90. The van der Waals surface area contributed by atoms with E-state index in [1.807, 2.05) is 0 Å². The molecule has 2 nitrogen and oxygen atoms in total. The Morgan fingerprint density at radius 3 is 2.00 bits per heavy atom. The molecule has 0 aromatic rings. The number of rotatable bonds is 0. The molecule has 0 aromatic heterocycles. The third kappa shape index (κ3) is 2.04. The predicted molar refractivity (Wildman–Crippen MR) is 32.7 cm³/mol. The lowest BCUT2D eigenvalue weighted by atomic mass is 10.2. The number of hydrogen-bond donors (Lipinski definition) is 0. The van der Waals surface area contributed by atoms with Gasteiger partial charge >= 0.3 is 5.78 Å². The molecular formula is C7H12O2. The van der Waals surface area contributed by atoms with Crippen LogP contribution >= 0.6 is 0 Å². The summed E-state index contributed by atoms with van der Waals surface area (Å²) in [7, 11) is 0. The van der Waals surface area contributed by atoms with Crippen molar-refractivity contribution in [2.45, 2.75) is 38.5 Å². The molecule has 9 heavy (non-hydrogen) atoms. The van der Waals surface area contributed by atoms with Crippen molar-refractivity contribution < 1.29 is 9.83 Å². The molecule has 0 bridgehead atoms. The van der Waals surface area contributed by atoms with E-state index in [4.69, 9.17) is 0 Å². The van der Waals surface area contributed by atoms with Crippen LogP contribution in [0.15, 0.2) is 0 Å². The molecule has 0 unspecified atom stereocenters. The van der Waals surface area contributed by atoms with Crippen molar-refractivity contribution in [2.24, 2.45) is 0 Å². The van der Waals surface area contributed by atoms with Gasteiger partial charge in [-0.3, -0.25) is 0 Å². The Labute approximate surface area is 55.1 Å². The zero-order chi connectivity index (χ0) is 6.53. The third-order valence-corrected chi connectivity index (χ3v) is 1.78. The fourth-order valence-corrected chi connectivity index (χ4v) is 1.21. The van der Waals surface area contributed by atoms with E-state index in [1.165, 1.54) is 12.8 Å². The van der Waals surface area contributed by atoms with E-state index in [0.29, 0.717) is 0 Å². The molecule has 0 heterocycles. The molecule has 1 fully saturated rings. The largest absolute Gasteiger partial charge is 0.463 e. The average molecular weight is 128 g/mol. The summed E-state index contributed by atoms with van der Waals surface area (Å²) >= 11 is 0. The maximum Gasteiger partial charge on any atom is 0.329 e. The normalized spacial score (nSPS) is 21.1. The van der Waals surface area contributed by atoms with Gasteiger partial charge in [0, 0.05) is 0 Å². The van der Waals surface area contributed by atoms with E-state index in [-0.39, 0.29) is 0 Å². The Kier molecular flexibility index (Phi) is 2.55. The first-order chi connectivity index (χ1) is 4.43. The van der Waals surface area contributed by atoms with Crippen molar-refractivity contribution >= 4 is 5.78 Å². The van der Waals surface area contributed by atoms with Crippen LogP contribution in [0.25, 0.3) is 0 Å². The van der Waals surface area contributed by atoms with Gasteiger partial charge in [-0.1, -0.05) is 12.8 Å². The Morgan fingerprint density at radius 1 is 1.00 bits per heavy atom. The zero-order valence-electron chi connectivity index (χ0n) is 5.56. The number of hydrogen-bond acceptors (Lipinski definition) is 1. The molecular weight excluding hydrogens is 116 g/mol. The standard InChI is InChI=1S/C7H12O2/c8-9-7-5-3-1-2-4-6-7/h1-6H2. The molecule has 0 atom stereocenters. The highest BCUT2D eigenvalue weighted by atomic mass is 17.1. The van der Waals surface area contributed by atoms with Crippen LogP contribution in [-0.2, 0) is 4.58 Å². The SMILES string of the molecule is [O-][O+]=C1CCCCCC1. The topological polar surface area (TPSA) is 34.4 Å².